The van der Waals surface area contributed by atoms with Gasteiger partial charge in [-0.1, -0.05) is 0 Å². The average Bonchev–Trinajstić information content (AvgIpc) is 2.79. The van der Waals surface area contributed by atoms with E-state index in [4.69, 9.17) is 4.74 Å². The molecule has 2 aliphatic heterocycles. The number of ether oxygens (including phenoxy) is 1. The van der Waals surface area contributed by atoms with Gasteiger partial charge in [0, 0.05) is 39.1 Å². The summed E-state index contributed by atoms with van der Waals surface area (Å²) in [5.74, 6) is -2.94. The van der Waals surface area contributed by atoms with Crippen molar-refractivity contribution >= 4 is 30.7 Å². The number of nitrogens with one attached hydrogen (secondary N) is 1. The third-order valence-electron chi connectivity index (χ3n) is 3.95. The molecule has 1 amide bonds. The van der Waals surface area contributed by atoms with Gasteiger partial charge in [0.15, 0.2) is 0 Å². The molecule has 0 aromatic carbocycles. The Balaban J connectivity index is 0.00000242. The van der Waals surface area contributed by atoms with Gasteiger partial charge in [0.25, 0.3) is 5.92 Å². The summed E-state index contributed by atoms with van der Waals surface area (Å²) >= 11 is 0. The summed E-state index contributed by atoms with van der Waals surface area (Å²) in [6.45, 7) is 7.89. The van der Waals surface area contributed by atoms with Crippen molar-refractivity contribution in [3.8, 4) is 0 Å². The van der Waals surface area contributed by atoms with E-state index >= 15 is 0 Å². The Bertz CT molecular complexity index is 368. The summed E-state index contributed by atoms with van der Waals surface area (Å²) in [4.78, 5) is 16.1. The fraction of sp³-hybridized carbons (Fsp3) is 0.929. The second kappa shape index (κ2) is 9.93. The number of hydrogen-bond acceptors (Lipinski definition) is 4. The van der Waals surface area contributed by atoms with Crippen molar-refractivity contribution in [2.24, 2.45) is 0 Å². The molecule has 0 aliphatic carbocycles. The largest absolute Gasteiger partial charge is 0.377 e. The van der Waals surface area contributed by atoms with E-state index in [0.29, 0.717) is 19.7 Å². The predicted octanol–water partition coefficient (Wildman–Crippen LogP) is 1.40. The molecule has 2 aliphatic rings. The van der Waals surface area contributed by atoms with E-state index in [1.807, 2.05) is 13.8 Å². The number of nitrogens with zero attached hydrogens (tertiary/aromatic N) is 2. The van der Waals surface area contributed by atoms with E-state index in [1.54, 1.807) is 4.90 Å². The summed E-state index contributed by atoms with van der Waals surface area (Å²) in [6.07, 6.45) is -0.156. The highest BCUT2D eigenvalue weighted by atomic mass is 35.5. The third kappa shape index (κ3) is 7.05. The van der Waals surface area contributed by atoms with Crippen molar-refractivity contribution in [2.75, 3.05) is 45.9 Å². The molecule has 23 heavy (non-hydrogen) atoms. The maximum atomic E-state index is 13.1. The Morgan fingerprint density at radius 1 is 1.26 bits per heavy atom. The Hall–Kier alpha value is -0.210. The van der Waals surface area contributed by atoms with Crippen molar-refractivity contribution in [1.82, 2.24) is 15.1 Å². The predicted molar refractivity (Wildman–Crippen MR) is 90.0 cm³/mol. The minimum absolute atomic E-state index is 0. The quantitative estimate of drug-likeness (QED) is 0.786. The van der Waals surface area contributed by atoms with Crippen LogP contribution in [-0.4, -0.2) is 79.7 Å². The normalized spacial score (nSPS) is 24.2. The number of hydrogen-bond donors (Lipinski definition) is 1. The lowest BCUT2D eigenvalue weighted by atomic mass is 10.1. The van der Waals surface area contributed by atoms with Crippen molar-refractivity contribution in [3.63, 3.8) is 0 Å². The summed E-state index contributed by atoms with van der Waals surface area (Å²) < 4.78 is 31.8. The Kier molecular flexibility index (Phi) is 9.84. The molecule has 0 aromatic heterocycles. The molecule has 1 atom stereocenters. The van der Waals surface area contributed by atoms with E-state index < -0.39 is 18.5 Å². The van der Waals surface area contributed by atoms with Gasteiger partial charge in [-0.2, -0.15) is 0 Å². The molecular formula is C14H27Cl2F2N3O2. The van der Waals surface area contributed by atoms with Crippen LogP contribution in [0.5, 0.6) is 0 Å². The monoisotopic (exact) mass is 377 g/mol. The van der Waals surface area contributed by atoms with E-state index in [9.17, 15) is 13.6 Å². The molecule has 2 heterocycles. The van der Waals surface area contributed by atoms with Gasteiger partial charge in [-0.25, -0.2) is 8.78 Å². The first kappa shape index (κ1) is 22.8. The highest BCUT2D eigenvalue weighted by Gasteiger charge is 2.43. The lowest BCUT2D eigenvalue weighted by Gasteiger charge is -2.35. The SMILES string of the molecule is CC(C)OCCN1CCN(C(=O)C2CC(F)(F)CN2)CC1.Cl.Cl. The van der Waals surface area contributed by atoms with Crippen LogP contribution in [0.1, 0.15) is 20.3 Å². The van der Waals surface area contributed by atoms with Gasteiger partial charge in [-0.15, -0.1) is 24.8 Å². The standard InChI is InChI=1S/C14H25F2N3O2.2ClH/c1-11(2)21-8-7-18-3-5-19(6-4-18)13(20)12-9-14(15,16)10-17-12;;/h11-12,17H,3-10H2,1-2H3;2*1H. The summed E-state index contributed by atoms with van der Waals surface area (Å²) in [5.41, 5.74) is 0. The van der Waals surface area contributed by atoms with Crippen LogP contribution in [0.15, 0.2) is 0 Å². The maximum absolute atomic E-state index is 13.1. The summed E-state index contributed by atoms with van der Waals surface area (Å²) in [5, 5.41) is 2.63. The van der Waals surface area contributed by atoms with Crippen LogP contribution in [0.2, 0.25) is 0 Å². The van der Waals surface area contributed by atoms with E-state index in [-0.39, 0.29) is 43.2 Å². The van der Waals surface area contributed by atoms with Crippen LogP contribution >= 0.6 is 24.8 Å². The molecule has 2 rings (SSSR count). The minimum atomic E-state index is -2.75. The number of piperazine rings is 1. The second-order valence-electron chi connectivity index (χ2n) is 6.08. The number of halogens is 4. The lowest BCUT2D eigenvalue weighted by molar-refractivity contribution is -0.135. The highest BCUT2D eigenvalue weighted by molar-refractivity contribution is 5.85. The lowest BCUT2D eigenvalue weighted by Crippen LogP contribution is -2.53. The molecule has 0 saturated carbocycles. The van der Waals surface area contributed by atoms with Gasteiger partial charge in [-0.05, 0) is 13.8 Å². The first-order valence-corrected chi connectivity index (χ1v) is 7.61. The van der Waals surface area contributed by atoms with Crippen LogP contribution < -0.4 is 5.32 Å². The minimum Gasteiger partial charge on any atom is -0.377 e. The molecule has 1 N–H and O–H groups in total. The van der Waals surface area contributed by atoms with Gasteiger partial charge >= 0.3 is 0 Å². The van der Waals surface area contributed by atoms with E-state index in [2.05, 4.69) is 10.2 Å². The zero-order chi connectivity index (χ0) is 15.5. The molecule has 5 nitrogen and oxygen atoms in total. The van der Waals surface area contributed by atoms with Gasteiger partial charge in [0.1, 0.15) is 0 Å². The Labute approximate surface area is 148 Å². The first-order chi connectivity index (χ1) is 9.87. The average molecular weight is 378 g/mol. The molecule has 0 aromatic rings. The molecule has 0 spiro atoms. The van der Waals surface area contributed by atoms with Crippen molar-refractivity contribution in [2.45, 2.75) is 38.3 Å². The van der Waals surface area contributed by atoms with Crippen LogP contribution in [0, 0.1) is 0 Å². The number of rotatable bonds is 5. The molecule has 138 valence electrons. The molecular weight excluding hydrogens is 351 g/mol. The maximum Gasteiger partial charge on any atom is 0.262 e. The Morgan fingerprint density at radius 2 is 1.87 bits per heavy atom. The molecule has 0 radical (unpaired) electrons. The number of alkyl halides is 2. The van der Waals surface area contributed by atoms with E-state index in [0.717, 1.165) is 19.6 Å². The number of carbonyl (C=O) groups is 1. The molecule has 0 bridgehead atoms. The van der Waals surface area contributed by atoms with Crippen LogP contribution in [0.4, 0.5) is 8.78 Å². The van der Waals surface area contributed by atoms with Crippen molar-refractivity contribution in [1.29, 1.82) is 0 Å². The fourth-order valence-corrected chi connectivity index (χ4v) is 2.72. The molecule has 1 unspecified atom stereocenters. The third-order valence-corrected chi connectivity index (χ3v) is 3.95. The second-order valence-corrected chi connectivity index (χ2v) is 6.08. The van der Waals surface area contributed by atoms with Gasteiger partial charge in [0.05, 0.1) is 25.3 Å². The van der Waals surface area contributed by atoms with Crippen LogP contribution in [0.3, 0.4) is 0 Å². The fourth-order valence-electron chi connectivity index (χ4n) is 2.72. The molecule has 9 heteroatoms. The number of carbonyl (C=O) groups excluding carboxylic acids is 1. The highest BCUT2D eigenvalue weighted by Crippen LogP contribution is 2.26. The molecule has 2 fully saturated rings. The number of amides is 1. The van der Waals surface area contributed by atoms with Gasteiger partial charge in [-0.3, -0.25) is 15.0 Å². The summed E-state index contributed by atoms with van der Waals surface area (Å²) in [7, 11) is 0. The van der Waals surface area contributed by atoms with Gasteiger partial charge < -0.3 is 9.64 Å². The van der Waals surface area contributed by atoms with Gasteiger partial charge in [0.2, 0.25) is 5.91 Å². The summed E-state index contributed by atoms with van der Waals surface area (Å²) in [6, 6.07) is -0.726. The smallest absolute Gasteiger partial charge is 0.262 e. The Morgan fingerprint density at radius 3 is 2.35 bits per heavy atom. The van der Waals surface area contributed by atoms with Crippen LogP contribution in [0.25, 0.3) is 0 Å². The zero-order valence-corrected chi connectivity index (χ0v) is 15.2. The van der Waals surface area contributed by atoms with E-state index in [1.165, 1.54) is 0 Å². The van der Waals surface area contributed by atoms with Crippen molar-refractivity contribution in [3.05, 3.63) is 0 Å². The first-order valence-electron chi connectivity index (χ1n) is 7.61. The van der Waals surface area contributed by atoms with Crippen LogP contribution in [-0.2, 0) is 9.53 Å². The molecule has 2 saturated heterocycles. The topological polar surface area (TPSA) is 44.8 Å². The van der Waals surface area contributed by atoms with Crippen molar-refractivity contribution < 1.29 is 18.3 Å². The zero-order valence-electron chi connectivity index (χ0n) is 13.6.